The average Bonchev–Trinajstić information content (AvgIpc) is 2.31. The van der Waals surface area contributed by atoms with Crippen molar-refractivity contribution in [2.75, 3.05) is 19.5 Å². The molecule has 1 aromatic rings. The largest absolute Gasteiger partial charge is 0.480 e. The summed E-state index contributed by atoms with van der Waals surface area (Å²) in [5.41, 5.74) is 7.11. The van der Waals surface area contributed by atoms with Gasteiger partial charge >= 0.3 is 5.97 Å². The number of methoxy groups -OCH3 is 1. The van der Waals surface area contributed by atoms with Crippen molar-refractivity contribution in [1.82, 2.24) is 5.32 Å². The van der Waals surface area contributed by atoms with E-state index in [0.717, 1.165) is 5.56 Å². The average molecular weight is 252 g/mol. The number of hydrogen-bond donors (Lipinski definition) is 3. The zero-order valence-electron chi connectivity index (χ0n) is 10.3. The standard InChI is InChI=1S/C12H16N2O4/c1-7-3-4-9(13)8(5-7)11(15)14-10(6-18-2)12(16)17/h3-5,10H,6,13H2,1-2H3,(H,14,15)(H,16,17). The van der Waals surface area contributed by atoms with E-state index in [1.54, 1.807) is 18.2 Å². The molecule has 0 heterocycles. The van der Waals surface area contributed by atoms with E-state index in [2.05, 4.69) is 5.32 Å². The number of amides is 1. The molecule has 0 bridgehead atoms. The molecular formula is C12H16N2O4. The lowest BCUT2D eigenvalue weighted by molar-refractivity contribution is -0.140. The molecule has 6 nitrogen and oxygen atoms in total. The van der Waals surface area contributed by atoms with Crippen LogP contribution >= 0.6 is 0 Å². The Hall–Kier alpha value is -2.08. The molecule has 0 aliphatic carbocycles. The number of anilines is 1. The number of carboxylic acids is 1. The second kappa shape index (κ2) is 6.02. The summed E-state index contributed by atoms with van der Waals surface area (Å²) in [4.78, 5) is 22.8. The highest BCUT2D eigenvalue weighted by Crippen LogP contribution is 2.13. The second-order valence-corrected chi connectivity index (χ2v) is 3.91. The van der Waals surface area contributed by atoms with Gasteiger partial charge in [0.25, 0.3) is 5.91 Å². The van der Waals surface area contributed by atoms with Gasteiger partial charge in [-0.25, -0.2) is 4.79 Å². The fourth-order valence-corrected chi connectivity index (χ4v) is 1.44. The monoisotopic (exact) mass is 252 g/mol. The van der Waals surface area contributed by atoms with Crippen LogP contribution in [0, 0.1) is 6.92 Å². The number of nitrogen functional groups attached to an aromatic ring is 1. The number of benzene rings is 1. The summed E-state index contributed by atoms with van der Waals surface area (Å²) in [7, 11) is 1.36. The maximum absolute atomic E-state index is 11.9. The van der Waals surface area contributed by atoms with Crippen LogP contribution in [0.5, 0.6) is 0 Å². The molecule has 1 amide bonds. The summed E-state index contributed by atoms with van der Waals surface area (Å²) in [6, 6.07) is 3.89. The molecular weight excluding hydrogens is 236 g/mol. The first-order valence-electron chi connectivity index (χ1n) is 5.34. The number of nitrogens with two attached hydrogens (primary N) is 1. The highest BCUT2D eigenvalue weighted by molar-refractivity contribution is 6.01. The van der Waals surface area contributed by atoms with Crippen LogP contribution < -0.4 is 11.1 Å². The van der Waals surface area contributed by atoms with E-state index < -0.39 is 17.9 Å². The lowest BCUT2D eigenvalue weighted by Gasteiger charge is -2.14. The predicted octanol–water partition coefficient (Wildman–Crippen LogP) is 0.407. The van der Waals surface area contributed by atoms with E-state index in [9.17, 15) is 9.59 Å². The number of aryl methyl sites for hydroxylation is 1. The quantitative estimate of drug-likeness (QED) is 0.659. The molecule has 1 unspecified atom stereocenters. The smallest absolute Gasteiger partial charge is 0.328 e. The minimum absolute atomic E-state index is 0.104. The molecule has 98 valence electrons. The van der Waals surface area contributed by atoms with Crippen LogP contribution in [0.4, 0.5) is 5.69 Å². The van der Waals surface area contributed by atoms with Crippen molar-refractivity contribution in [1.29, 1.82) is 0 Å². The van der Waals surface area contributed by atoms with Crippen LogP contribution in [0.2, 0.25) is 0 Å². The van der Waals surface area contributed by atoms with Gasteiger partial charge in [-0.2, -0.15) is 0 Å². The number of carbonyl (C=O) groups is 2. The van der Waals surface area contributed by atoms with Crippen LogP contribution in [-0.2, 0) is 9.53 Å². The van der Waals surface area contributed by atoms with Gasteiger partial charge in [-0.1, -0.05) is 11.6 Å². The SMILES string of the molecule is COCC(NC(=O)c1cc(C)ccc1N)C(=O)O. The lowest BCUT2D eigenvalue weighted by Crippen LogP contribution is -2.44. The summed E-state index contributed by atoms with van der Waals surface area (Å²) in [5, 5.41) is 11.3. The summed E-state index contributed by atoms with van der Waals surface area (Å²) >= 11 is 0. The number of nitrogens with one attached hydrogen (secondary N) is 1. The zero-order valence-corrected chi connectivity index (χ0v) is 10.3. The van der Waals surface area contributed by atoms with E-state index >= 15 is 0 Å². The Kier molecular flexibility index (Phi) is 4.67. The Morgan fingerprint density at radius 3 is 2.72 bits per heavy atom. The normalized spacial score (nSPS) is 11.9. The van der Waals surface area contributed by atoms with E-state index in [4.69, 9.17) is 15.6 Å². The molecule has 18 heavy (non-hydrogen) atoms. The molecule has 0 fully saturated rings. The van der Waals surface area contributed by atoms with E-state index in [0.29, 0.717) is 5.69 Å². The summed E-state index contributed by atoms with van der Waals surface area (Å²) in [5.74, 6) is -1.68. The minimum Gasteiger partial charge on any atom is -0.480 e. The van der Waals surface area contributed by atoms with Crippen molar-refractivity contribution < 1.29 is 19.4 Å². The number of hydrogen-bond acceptors (Lipinski definition) is 4. The molecule has 0 saturated heterocycles. The number of carboxylic acid groups (broad SMARTS) is 1. The molecule has 1 rings (SSSR count). The number of carbonyl (C=O) groups excluding carboxylic acids is 1. The fourth-order valence-electron chi connectivity index (χ4n) is 1.44. The molecule has 1 atom stereocenters. The Balaban J connectivity index is 2.86. The summed E-state index contributed by atoms with van der Waals surface area (Å²) in [6.45, 7) is 1.72. The molecule has 0 aliphatic heterocycles. The van der Waals surface area contributed by atoms with Crippen molar-refractivity contribution in [3.05, 3.63) is 29.3 Å². The van der Waals surface area contributed by atoms with Gasteiger partial charge in [0.1, 0.15) is 0 Å². The Labute approximate surface area is 105 Å². The van der Waals surface area contributed by atoms with Gasteiger partial charge in [0.2, 0.25) is 0 Å². The van der Waals surface area contributed by atoms with E-state index in [1.165, 1.54) is 7.11 Å². The number of aliphatic carboxylic acids is 1. The third-order valence-electron chi connectivity index (χ3n) is 2.39. The first-order valence-corrected chi connectivity index (χ1v) is 5.34. The van der Waals surface area contributed by atoms with Gasteiger partial charge in [0.05, 0.1) is 12.2 Å². The summed E-state index contributed by atoms with van der Waals surface area (Å²) < 4.78 is 4.73. The van der Waals surface area contributed by atoms with Gasteiger partial charge in [-0.15, -0.1) is 0 Å². The minimum atomic E-state index is -1.16. The van der Waals surface area contributed by atoms with Crippen LogP contribution in [-0.4, -0.2) is 36.7 Å². The van der Waals surface area contributed by atoms with Gasteiger partial charge < -0.3 is 20.9 Å². The second-order valence-electron chi connectivity index (χ2n) is 3.91. The van der Waals surface area contributed by atoms with Gasteiger partial charge in [-0.3, -0.25) is 4.79 Å². The van der Waals surface area contributed by atoms with Crippen molar-refractivity contribution >= 4 is 17.6 Å². The number of ether oxygens (including phenoxy) is 1. The van der Waals surface area contributed by atoms with Crippen LogP contribution in [0.1, 0.15) is 15.9 Å². The molecule has 0 radical (unpaired) electrons. The van der Waals surface area contributed by atoms with Gasteiger partial charge in [0, 0.05) is 12.8 Å². The predicted molar refractivity (Wildman–Crippen MR) is 66.4 cm³/mol. The third kappa shape index (κ3) is 3.46. The molecule has 0 saturated carbocycles. The van der Waals surface area contributed by atoms with Gasteiger partial charge in [-0.05, 0) is 19.1 Å². The Morgan fingerprint density at radius 2 is 2.17 bits per heavy atom. The van der Waals surface area contributed by atoms with Crippen molar-refractivity contribution in [3.63, 3.8) is 0 Å². The number of rotatable bonds is 5. The summed E-state index contributed by atoms with van der Waals surface area (Å²) in [6.07, 6.45) is 0. The third-order valence-corrected chi connectivity index (χ3v) is 2.39. The maximum Gasteiger partial charge on any atom is 0.328 e. The van der Waals surface area contributed by atoms with Crippen molar-refractivity contribution in [2.24, 2.45) is 0 Å². The van der Waals surface area contributed by atoms with E-state index in [1.807, 2.05) is 6.92 Å². The highest BCUT2D eigenvalue weighted by Gasteiger charge is 2.21. The lowest BCUT2D eigenvalue weighted by atomic mass is 10.1. The van der Waals surface area contributed by atoms with Crippen molar-refractivity contribution in [3.8, 4) is 0 Å². The van der Waals surface area contributed by atoms with E-state index in [-0.39, 0.29) is 12.2 Å². The first kappa shape index (κ1) is 14.0. The zero-order chi connectivity index (χ0) is 13.7. The van der Waals surface area contributed by atoms with Crippen LogP contribution in [0.3, 0.4) is 0 Å². The van der Waals surface area contributed by atoms with Crippen molar-refractivity contribution in [2.45, 2.75) is 13.0 Å². The highest BCUT2D eigenvalue weighted by atomic mass is 16.5. The Bertz CT molecular complexity index is 459. The maximum atomic E-state index is 11.9. The van der Waals surface area contributed by atoms with Crippen LogP contribution in [0.25, 0.3) is 0 Å². The molecule has 0 aliphatic rings. The van der Waals surface area contributed by atoms with Gasteiger partial charge in [0.15, 0.2) is 6.04 Å². The van der Waals surface area contributed by atoms with Crippen LogP contribution in [0.15, 0.2) is 18.2 Å². The first-order chi connectivity index (χ1) is 8.45. The molecule has 4 N–H and O–H groups in total. The molecule has 0 spiro atoms. The molecule has 0 aromatic heterocycles. The molecule has 1 aromatic carbocycles. The topological polar surface area (TPSA) is 102 Å². The molecule has 6 heteroatoms. The Morgan fingerprint density at radius 1 is 1.50 bits per heavy atom. The fraction of sp³-hybridized carbons (Fsp3) is 0.333.